The molecule has 2 rings (SSSR count). The maximum absolute atomic E-state index is 6.13. The first-order valence-corrected chi connectivity index (χ1v) is 5.95. The fourth-order valence-corrected chi connectivity index (χ4v) is 2.13. The van der Waals surface area contributed by atoms with E-state index in [1.165, 1.54) is 5.56 Å². The Morgan fingerprint density at radius 1 is 1.44 bits per heavy atom. The van der Waals surface area contributed by atoms with Crippen molar-refractivity contribution < 1.29 is 4.74 Å². The lowest BCUT2D eigenvalue weighted by Gasteiger charge is -2.32. The van der Waals surface area contributed by atoms with E-state index in [2.05, 4.69) is 11.0 Å². The third-order valence-corrected chi connectivity index (χ3v) is 3.21. The first-order chi connectivity index (χ1) is 7.79. The van der Waals surface area contributed by atoms with Crippen LogP contribution in [0.25, 0.3) is 0 Å². The van der Waals surface area contributed by atoms with Gasteiger partial charge in [0.05, 0.1) is 12.7 Å². The van der Waals surface area contributed by atoms with Gasteiger partial charge in [0.25, 0.3) is 0 Å². The summed E-state index contributed by atoms with van der Waals surface area (Å²) in [6.45, 7) is 4.05. The number of benzene rings is 1. The molecule has 1 heterocycles. The van der Waals surface area contributed by atoms with Gasteiger partial charge in [-0.15, -0.1) is 0 Å². The van der Waals surface area contributed by atoms with Crippen LogP contribution in [0, 0.1) is 0 Å². The Bertz CT molecular complexity index is 346. The minimum atomic E-state index is 0.163. The van der Waals surface area contributed by atoms with E-state index in [9.17, 15) is 0 Å². The van der Waals surface area contributed by atoms with Gasteiger partial charge in [0.2, 0.25) is 0 Å². The Morgan fingerprint density at radius 2 is 2.25 bits per heavy atom. The van der Waals surface area contributed by atoms with Crippen LogP contribution in [0.15, 0.2) is 24.3 Å². The van der Waals surface area contributed by atoms with Gasteiger partial charge in [-0.3, -0.25) is 4.90 Å². The molecular weight excluding hydrogens is 224 g/mol. The summed E-state index contributed by atoms with van der Waals surface area (Å²) in [6, 6.07) is 7.96. The van der Waals surface area contributed by atoms with Crippen molar-refractivity contribution in [2.45, 2.75) is 12.6 Å². The molecule has 1 saturated heterocycles. The number of nitrogens with zero attached hydrogens (tertiary/aromatic N) is 1. The molecule has 1 aromatic carbocycles. The molecule has 1 aromatic rings. The van der Waals surface area contributed by atoms with E-state index in [1.54, 1.807) is 0 Å². The van der Waals surface area contributed by atoms with Crippen LogP contribution in [0.5, 0.6) is 0 Å². The van der Waals surface area contributed by atoms with Gasteiger partial charge in [-0.2, -0.15) is 0 Å². The highest BCUT2D eigenvalue weighted by Crippen LogP contribution is 2.18. The average molecular weight is 241 g/mol. The van der Waals surface area contributed by atoms with Crippen LogP contribution in [0.1, 0.15) is 5.56 Å². The predicted octanol–water partition coefficient (Wildman–Crippen LogP) is 1.50. The molecule has 88 valence electrons. The minimum absolute atomic E-state index is 0.163. The molecule has 0 spiro atoms. The molecule has 0 bridgehead atoms. The second-order valence-corrected chi connectivity index (χ2v) is 4.46. The predicted molar refractivity (Wildman–Crippen MR) is 65.5 cm³/mol. The van der Waals surface area contributed by atoms with Crippen LogP contribution in [-0.2, 0) is 11.3 Å². The number of halogens is 1. The molecule has 16 heavy (non-hydrogen) atoms. The molecule has 0 saturated carbocycles. The molecule has 0 radical (unpaired) electrons. The average Bonchev–Trinajstić information content (AvgIpc) is 2.32. The van der Waals surface area contributed by atoms with Gasteiger partial charge in [-0.05, 0) is 11.6 Å². The lowest BCUT2D eigenvalue weighted by atomic mass is 10.2. The Balaban J connectivity index is 1.97. The molecule has 1 aliphatic rings. The van der Waals surface area contributed by atoms with Crippen molar-refractivity contribution in [3.8, 4) is 0 Å². The molecule has 1 aliphatic heterocycles. The van der Waals surface area contributed by atoms with Gasteiger partial charge in [-0.25, -0.2) is 0 Å². The van der Waals surface area contributed by atoms with Crippen LogP contribution >= 0.6 is 11.6 Å². The van der Waals surface area contributed by atoms with E-state index in [-0.39, 0.29) is 6.10 Å². The SMILES string of the molecule is NCC1CN(Cc2ccccc2Cl)CCO1. The summed E-state index contributed by atoms with van der Waals surface area (Å²) < 4.78 is 5.53. The Morgan fingerprint density at radius 3 is 3.00 bits per heavy atom. The molecular formula is C12H17ClN2O. The van der Waals surface area contributed by atoms with Crippen LogP contribution in [0.4, 0.5) is 0 Å². The summed E-state index contributed by atoms with van der Waals surface area (Å²) in [5.74, 6) is 0. The second kappa shape index (κ2) is 5.64. The lowest BCUT2D eigenvalue weighted by Crippen LogP contribution is -2.45. The van der Waals surface area contributed by atoms with Crippen molar-refractivity contribution in [2.75, 3.05) is 26.2 Å². The highest BCUT2D eigenvalue weighted by Gasteiger charge is 2.19. The van der Waals surface area contributed by atoms with E-state index in [1.807, 2.05) is 18.2 Å². The maximum atomic E-state index is 6.13. The van der Waals surface area contributed by atoms with Crippen molar-refractivity contribution in [2.24, 2.45) is 5.73 Å². The van der Waals surface area contributed by atoms with Gasteiger partial charge in [-0.1, -0.05) is 29.8 Å². The third-order valence-electron chi connectivity index (χ3n) is 2.84. The molecule has 1 fully saturated rings. The van der Waals surface area contributed by atoms with Crippen LogP contribution < -0.4 is 5.73 Å². The van der Waals surface area contributed by atoms with Crippen LogP contribution in [-0.4, -0.2) is 37.2 Å². The van der Waals surface area contributed by atoms with Crippen molar-refractivity contribution in [1.29, 1.82) is 0 Å². The van der Waals surface area contributed by atoms with Gasteiger partial charge in [0.15, 0.2) is 0 Å². The number of ether oxygens (including phenoxy) is 1. The number of hydrogen-bond acceptors (Lipinski definition) is 3. The molecule has 3 nitrogen and oxygen atoms in total. The normalized spacial score (nSPS) is 22.2. The fourth-order valence-electron chi connectivity index (χ4n) is 1.93. The maximum Gasteiger partial charge on any atom is 0.0824 e. The van der Waals surface area contributed by atoms with Gasteiger partial charge in [0.1, 0.15) is 0 Å². The lowest BCUT2D eigenvalue weighted by molar-refractivity contribution is -0.0260. The van der Waals surface area contributed by atoms with E-state index < -0.39 is 0 Å². The van der Waals surface area contributed by atoms with Gasteiger partial charge >= 0.3 is 0 Å². The van der Waals surface area contributed by atoms with Gasteiger partial charge in [0, 0.05) is 31.2 Å². The summed E-state index contributed by atoms with van der Waals surface area (Å²) in [6.07, 6.45) is 0.163. The number of nitrogens with two attached hydrogens (primary N) is 1. The number of hydrogen-bond donors (Lipinski definition) is 1. The minimum Gasteiger partial charge on any atom is -0.374 e. The number of morpholine rings is 1. The molecule has 4 heteroatoms. The van der Waals surface area contributed by atoms with E-state index in [0.717, 1.165) is 31.3 Å². The van der Waals surface area contributed by atoms with Crippen LogP contribution in [0.2, 0.25) is 5.02 Å². The van der Waals surface area contributed by atoms with Crippen molar-refractivity contribution >= 4 is 11.6 Å². The van der Waals surface area contributed by atoms with Crippen LogP contribution in [0.3, 0.4) is 0 Å². The highest BCUT2D eigenvalue weighted by atomic mass is 35.5. The topological polar surface area (TPSA) is 38.5 Å². The largest absolute Gasteiger partial charge is 0.374 e. The second-order valence-electron chi connectivity index (χ2n) is 4.06. The van der Waals surface area contributed by atoms with E-state index in [4.69, 9.17) is 22.1 Å². The van der Waals surface area contributed by atoms with Crippen molar-refractivity contribution in [1.82, 2.24) is 4.90 Å². The molecule has 0 amide bonds. The summed E-state index contributed by atoms with van der Waals surface area (Å²) in [5.41, 5.74) is 6.78. The molecule has 2 N–H and O–H groups in total. The van der Waals surface area contributed by atoms with Crippen molar-refractivity contribution in [3.05, 3.63) is 34.9 Å². The molecule has 0 aliphatic carbocycles. The summed E-state index contributed by atoms with van der Waals surface area (Å²) in [4.78, 5) is 2.34. The summed E-state index contributed by atoms with van der Waals surface area (Å²) >= 11 is 6.13. The standard InChI is InChI=1S/C12H17ClN2O/c13-12-4-2-1-3-10(12)8-15-5-6-16-11(7-14)9-15/h1-4,11H,5-9,14H2. The quantitative estimate of drug-likeness (QED) is 0.870. The van der Waals surface area contributed by atoms with Gasteiger partial charge < -0.3 is 10.5 Å². The van der Waals surface area contributed by atoms with Crippen molar-refractivity contribution in [3.63, 3.8) is 0 Å². The fraction of sp³-hybridized carbons (Fsp3) is 0.500. The molecule has 1 unspecified atom stereocenters. The van der Waals surface area contributed by atoms with E-state index in [0.29, 0.717) is 6.54 Å². The first-order valence-electron chi connectivity index (χ1n) is 5.57. The Hall–Kier alpha value is -0.610. The Kier molecular flexibility index (Phi) is 4.18. The number of rotatable bonds is 3. The molecule has 0 aromatic heterocycles. The first kappa shape index (κ1) is 11.9. The third kappa shape index (κ3) is 2.95. The monoisotopic (exact) mass is 240 g/mol. The summed E-state index contributed by atoms with van der Waals surface area (Å²) in [5, 5.41) is 0.832. The highest BCUT2D eigenvalue weighted by molar-refractivity contribution is 6.31. The Labute approximate surface area is 101 Å². The molecule has 1 atom stereocenters. The zero-order chi connectivity index (χ0) is 11.4. The zero-order valence-electron chi connectivity index (χ0n) is 9.23. The smallest absolute Gasteiger partial charge is 0.0824 e. The summed E-state index contributed by atoms with van der Waals surface area (Å²) in [7, 11) is 0. The zero-order valence-corrected chi connectivity index (χ0v) is 9.99. The van der Waals surface area contributed by atoms with E-state index >= 15 is 0 Å².